The van der Waals surface area contributed by atoms with Crippen LogP contribution in [0.4, 0.5) is 5.69 Å². The van der Waals surface area contributed by atoms with Gasteiger partial charge in [0.1, 0.15) is 5.76 Å². The molecule has 138 valence electrons. The summed E-state index contributed by atoms with van der Waals surface area (Å²) in [4.78, 5) is 14.3. The van der Waals surface area contributed by atoms with Gasteiger partial charge in [-0.1, -0.05) is 66.7 Å². The fraction of sp³-hybridized carbons (Fsp3) is 0.0800. The van der Waals surface area contributed by atoms with Crippen LogP contribution in [0.1, 0.15) is 11.1 Å². The highest BCUT2D eigenvalue weighted by atomic mass is 16.5. The molecule has 3 aromatic carbocycles. The molecule has 1 aliphatic rings. The van der Waals surface area contributed by atoms with E-state index in [0.717, 1.165) is 27.9 Å². The van der Waals surface area contributed by atoms with E-state index >= 15 is 0 Å². The van der Waals surface area contributed by atoms with Crippen LogP contribution in [0.25, 0.3) is 23.0 Å². The summed E-state index contributed by atoms with van der Waals surface area (Å²) in [7, 11) is 4.00. The van der Waals surface area contributed by atoms with Gasteiger partial charge in [-0.15, -0.1) is 0 Å². The predicted molar refractivity (Wildman–Crippen MR) is 115 cm³/mol. The number of hydrogen-bond acceptors (Lipinski definition) is 3. The van der Waals surface area contributed by atoms with Gasteiger partial charge in [0.25, 0.3) is 0 Å². The molecule has 0 saturated carbocycles. The van der Waals surface area contributed by atoms with Crippen molar-refractivity contribution in [2.45, 2.75) is 0 Å². The first-order valence-corrected chi connectivity index (χ1v) is 9.19. The molecular formula is C25H21NO2. The van der Waals surface area contributed by atoms with E-state index in [1.807, 2.05) is 91.8 Å². The molecule has 0 aliphatic carbocycles. The van der Waals surface area contributed by atoms with Crippen LogP contribution >= 0.6 is 0 Å². The largest absolute Gasteiger partial charge is 0.422 e. The molecular weight excluding hydrogens is 346 g/mol. The number of esters is 1. The molecule has 0 bridgehead atoms. The zero-order valence-corrected chi connectivity index (χ0v) is 15.9. The summed E-state index contributed by atoms with van der Waals surface area (Å²) in [5.41, 5.74) is 5.82. The van der Waals surface area contributed by atoms with E-state index in [1.54, 1.807) is 6.08 Å². The minimum Gasteiger partial charge on any atom is -0.422 e. The smallest absolute Gasteiger partial charge is 0.343 e. The van der Waals surface area contributed by atoms with Crippen molar-refractivity contribution in [1.82, 2.24) is 0 Å². The number of carbonyl (C=O) groups excluding carboxylic acids is 1. The Labute approximate surface area is 165 Å². The van der Waals surface area contributed by atoms with Gasteiger partial charge in [-0.05, 0) is 41.0 Å². The Morgan fingerprint density at radius 3 is 2.00 bits per heavy atom. The SMILES string of the molecule is CN(C)c1ccc(/C=C2\C=C(c3ccc(-c4ccccc4)cc3)OC2=O)cc1. The third-order valence-corrected chi connectivity index (χ3v) is 4.73. The average Bonchev–Trinajstić information content (AvgIpc) is 3.09. The van der Waals surface area contributed by atoms with Crippen LogP contribution in [0.5, 0.6) is 0 Å². The zero-order chi connectivity index (χ0) is 19.5. The van der Waals surface area contributed by atoms with Crippen LogP contribution in [0.3, 0.4) is 0 Å². The lowest BCUT2D eigenvalue weighted by atomic mass is 10.0. The summed E-state index contributed by atoms with van der Waals surface area (Å²) in [5.74, 6) is 0.264. The molecule has 0 saturated heterocycles. The van der Waals surface area contributed by atoms with Crippen molar-refractivity contribution in [3.05, 3.63) is 102 Å². The van der Waals surface area contributed by atoms with E-state index in [0.29, 0.717) is 11.3 Å². The normalized spacial score (nSPS) is 14.7. The third kappa shape index (κ3) is 3.74. The Morgan fingerprint density at radius 1 is 0.750 bits per heavy atom. The second-order valence-electron chi connectivity index (χ2n) is 6.93. The van der Waals surface area contributed by atoms with Crippen LogP contribution in [-0.4, -0.2) is 20.1 Å². The van der Waals surface area contributed by atoms with E-state index in [2.05, 4.69) is 12.1 Å². The predicted octanol–water partition coefficient (Wildman–Crippen LogP) is 5.40. The Kier molecular flexibility index (Phi) is 4.81. The lowest BCUT2D eigenvalue weighted by Crippen LogP contribution is -2.07. The van der Waals surface area contributed by atoms with Gasteiger partial charge in [-0.2, -0.15) is 0 Å². The lowest BCUT2D eigenvalue weighted by Gasteiger charge is -2.11. The number of cyclic esters (lactones) is 1. The third-order valence-electron chi connectivity index (χ3n) is 4.73. The number of nitrogens with zero attached hydrogens (tertiary/aromatic N) is 1. The number of carbonyl (C=O) groups is 1. The first-order valence-electron chi connectivity index (χ1n) is 9.19. The molecule has 3 heteroatoms. The first kappa shape index (κ1) is 17.8. The Balaban J connectivity index is 1.57. The lowest BCUT2D eigenvalue weighted by molar-refractivity contribution is -0.130. The number of benzene rings is 3. The van der Waals surface area contributed by atoms with Gasteiger partial charge >= 0.3 is 5.97 Å². The summed E-state index contributed by atoms with van der Waals surface area (Å²) in [5, 5.41) is 0. The quantitative estimate of drug-likeness (QED) is 0.457. The van der Waals surface area contributed by atoms with E-state index in [1.165, 1.54) is 0 Å². The van der Waals surface area contributed by atoms with Crippen LogP contribution in [-0.2, 0) is 9.53 Å². The number of hydrogen-bond donors (Lipinski definition) is 0. The molecule has 0 unspecified atom stereocenters. The van der Waals surface area contributed by atoms with E-state index in [4.69, 9.17) is 4.74 Å². The summed E-state index contributed by atoms with van der Waals surface area (Å²) in [6.07, 6.45) is 3.66. The number of rotatable bonds is 4. The highest BCUT2D eigenvalue weighted by molar-refractivity contribution is 6.05. The molecule has 4 rings (SSSR count). The topological polar surface area (TPSA) is 29.5 Å². The highest BCUT2D eigenvalue weighted by Gasteiger charge is 2.22. The summed E-state index contributed by atoms with van der Waals surface area (Å²) in [6.45, 7) is 0. The van der Waals surface area contributed by atoms with Crippen molar-refractivity contribution in [3.63, 3.8) is 0 Å². The average molecular weight is 367 g/mol. The van der Waals surface area contributed by atoms with Gasteiger partial charge in [-0.3, -0.25) is 0 Å². The fourth-order valence-corrected chi connectivity index (χ4v) is 3.14. The van der Waals surface area contributed by atoms with Gasteiger partial charge in [0.05, 0.1) is 5.57 Å². The molecule has 1 aliphatic heterocycles. The van der Waals surface area contributed by atoms with Crippen LogP contribution in [0.15, 0.2) is 90.5 Å². The van der Waals surface area contributed by atoms with Gasteiger partial charge < -0.3 is 9.64 Å². The van der Waals surface area contributed by atoms with Crippen LogP contribution in [0.2, 0.25) is 0 Å². The Morgan fingerprint density at radius 2 is 1.36 bits per heavy atom. The van der Waals surface area contributed by atoms with Crippen LogP contribution < -0.4 is 4.90 Å². The van der Waals surface area contributed by atoms with E-state index < -0.39 is 0 Å². The second-order valence-corrected chi connectivity index (χ2v) is 6.93. The second kappa shape index (κ2) is 7.57. The highest BCUT2D eigenvalue weighted by Crippen LogP contribution is 2.29. The first-order chi connectivity index (χ1) is 13.6. The molecule has 0 N–H and O–H groups in total. The minimum absolute atomic E-state index is 0.321. The van der Waals surface area contributed by atoms with Crippen molar-refractivity contribution in [3.8, 4) is 11.1 Å². The molecule has 1 heterocycles. The number of anilines is 1. The molecule has 0 atom stereocenters. The summed E-state index contributed by atoms with van der Waals surface area (Å²) < 4.78 is 5.49. The molecule has 0 aromatic heterocycles. The molecule has 0 radical (unpaired) electrons. The monoisotopic (exact) mass is 367 g/mol. The van der Waals surface area contributed by atoms with E-state index in [-0.39, 0.29) is 5.97 Å². The molecule has 3 nitrogen and oxygen atoms in total. The van der Waals surface area contributed by atoms with Crippen molar-refractivity contribution < 1.29 is 9.53 Å². The fourth-order valence-electron chi connectivity index (χ4n) is 3.14. The maximum absolute atomic E-state index is 12.3. The maximum atomic E-state index is 12.3. The van der Waals surface area contributed by atoms with Crippen LogP contribution in [0, 0.1) is 0 Å². The maximum Gasteiger partial charge on any atom is 0.343 e. The molecule has 0 amide bonds. The zero-order valence-electron chi connectivity index (χ0n) is 15.9. The van der Waals surface area contributed by atoms with Gasteiger partial charge in [-0.25, -0.2) is 4.79 Å². The Hall–Kier alpha value is -3.59. The Bertz CT molecular complexity index is 1040. The van der Waals surface area contributed by atoms with Crippen molar-refractivity contribution >= 4 is 23.5 Å². The summed E-state index contributed by atoms with van der Waals surface area (Å²) in [6, 6.07) is 26.3. The molecule has 0 spiro atoms. The van der Waals surface area contributed by atoms with Crippen molar-refractivity contribution in [2.75, 3.05) is 19.0 Å². The van der Waals surface area contributed by atoms with E-state index in [9.17, 15) is 4.79 Å². The standard InChI is InChI=1S/C25H21NO2/c1-26(2)23-14-8-18(9-15-23)16-22-17-24(28-25(22)27)21-12-10-20(11-13-21)19-6-4-3-5-7-19/h3-17H,1-2H3/b22-16+. The summed E-state index contributed by atoms with van der Waals surface area (Å²) >= 11 is 0. The van der Waals surface area contributed by atoms with Gasteiger partial charge in [0.15, 0.2) is 0 Å². The molecule has 0 fully saturated rings. The van der Waals surface area contributed by atoms with Crippen molar-refractivity contribution in [1.29, 1.82) is 0 Å². The minimum atomic E-state index is -0.321. The van der Waals surface area contributed by atoms with Gasteiger partial charge in [0.2, 0.25) is 0 Å². The van der Waals surface area contributed by atoms with Crippen molar-refractivity contribution in [2.24, 2.45) is 0 Å². The number of ether oxygens (including phenoxy) is 1. The molecule has 28 heavy (non-hydrogen) atoms. The van der Waals surface area contributed by atoms with Gasteiger partial charge in [0, 0.05) is 25.3 Å². The molecule has 3 aromatic rings.